The summed E-state index contributed by atoms with van der Waals surface area (Å²) in [6, 6.07) is 4.73. The van der Waals surface area contributed by atoms with Crippen molar-refractivity contribution in [2.75, 3.05) is 13.1 Å². The van der Waals surface area contributed by atoms with Crippen molar-refractivity contribution >= 4 is 10.0 Å². The molecule has 0 spiro atoms. The number of piperidine rings is 1. The van der Waals surface area contributed by atoms with Gasteiger partial charge in [0.25, 0.3) is 0 Å². The van der Waals surface area contributed by atoms with Crippen molar-refractivity contribution in [3.8, 4) is 0 Å². The lowest BCUT2D eigenvalue weighted by Crippen LogP contribution is -2.45. The lowest BCUT2D eigenvalue weighted by Gasteiger charge is -2.32. The molecule has 2 fully saturated rings. The van der Waals surface area contributed by atoms with Crippen LogP contribution in [-0.4, -0.2) is 38.5 Å². The molecule has 0 atom stereocenters. The fourth-order valence-electron chi connectivity index (χ4n) is 3.69. The molecule has 0 amide bonds. The normalized spacial score (nSPS) is 21.2. The molecular formula is C17H26N2O2S. The monoisotopic (exact) mass is 322 g/mol. The Labute approximate surface area is 134 Å². The molecule has 122 valence electrons. The fourth-order valence-corrected chi connectivity index (χ4v) is 5.45. The van der Waals surface area contributed by atoms with Gasteiger partial charge in [-0.15, -0.1) is 0 Å². The van der Waals surface area contributed by atoms with Crippen LogP contribution in [0.4, 0.5) is 0 Å². The summed E-state index contributed by atoms with van der Waals surface area (Å²) in [5, 5.41) is 0. The maximum atomic E-state index is 12.8. The Kier molecular flexibility index (Phi) is 4.32. The molecule has 1 aliphatic carbocycles. The first-order valence-electron chi connectivity index (χ1n) is 8.21. The van der Waals surface area contributed by atoms with E-state index in [0.717, 1.165) is 48.7 Å². The van der Waals surface area contributed by atoms with Gasteiger partial charge in [0.05, 0.1) is 4.90 Å². The van der Waals surface area contributed by atoms with Crippen LogP contribution in [0.25, 0.3) is 0 Å². The molecule has 1 saturated carbocycles. The average molecular weight is 322 g/mol. The number of nitrogens with zero attached hydrogens (tertiary/aromatic N) is 1. The van der Waals surface area contributed by atoms with Gasteiger partial charge in [-0.3, -0.25) is 0 Å². The molecular weight excluding hydrogens is 296 g/mol. The Bertz CT molecular complexity index is 634. The molecule has 5 heteroatoms. The lowest BCUT2D eigenvalue weighted by molar-refractivity contribution is 0.199. The molecule has 1 N–H and O–H groups in total. The van der Waals surface area contributed by atoms with Crippen molar-refractivity contribution in [1.82, 2.24) is 9.62 Å². The molecule has 0 bridgehead atoms. The van der Waals surface area contributed by atoms with Crippen LogP contribution in [0, 0.1) is 20.8 Å². The van der Waals surface area contributed by atoms with Gasteiger partial charge in [0.2, 0.25) is 10.0 Å². The van der Waals surface area contributed by atoms with E-state index in [-0.39, 0.29) is 6.04 Å². The van der Waals surface area contributed by atoms with E-state index in [1.165, 1.54) is 12.8 Å². The average Bonchev–Trinajstić information content (AvgIpc) is 3.21. The molecule has 1 aliphatic heterocycles. The van der Waals surface area contributed by atoms with Crippen LogP contribution in [0.2, 0.25) is 0 Å². The molecule has 1 saturated heterocycles. The Morgan fingerprint density at radius 3 is 2.05 bits per heavy atom. The van der Waals surface area contributed by atoms with Gasteiger partial charge in [-0.1, -0.05) is 17.7 Å². The van der Waals surface area contributed by atoms with Gasteiger partial charge in [-0.05, 0) is 70.7 Å². The second-order valence-electron chi connectivity index (χ2n) is 6.89. The molecule has 0 radical (unpaired) electrons. The zero-order valence-electron chi connectivity index (χ0n) is 13.7. The summed E-state index contributed by atoms with van der Waals surface area (Å²) in [5.74, 6) is 0. The standard InChI is InChI=1S/C17H26N2O2S/c1-12-10-13(2)17(14(3)11-12)22(20,21)18-15-6-8-19(9-7-15)16-4-5-16/h10-11,15-16,18H,4-9H2,1-3H3. The Hall–Kier alpha value is -0.910. The van der Waals surface area contributed by atoms with E-state index >= 15 is 0 Å². The first kappa shape index (κ1) is 16.0. The van der Waals surface area contributed by atoms with Crippen LogP contribution in [0.5, 0.6) is 0 Å². The number of benzene rings is 1. The van der Waals surface area contributed by atoms with Crippen LogP contribution in [0.3, 0.4) is 0 Å². The molecule has 2 aliphatic rings. The minimum Gasteiger partial charge on any atom is -0.300 e. The fraction of sp³-hybridized carbons (Fsp3) is 0.647. The second kappa shape index (κ2) is 5.95. The van der Waals surface area contributed by atoms with Crippen LogP contribution in [-0.2, 0) is 10.0 Å². The maximum absolute atomic E-state index is 12.8. The summed E-state index contributed by atoms with van der Waals surface area (Å²) < 4.78 is 28.5. The minimum absolute atomic E-state index is 0.0695. The number of hydrogen-bond donors (Lipinski definition) is 1. The number of rotatable bonds is 4. The van der Waals surface area contributed by atoms with Crippen molar-refractivity contribution in [3.63, 3.8) is 0 Å². The molecule has 4 nitrogen and oxygen atoms in total. The molecule has 0 unspecified atom stereocenters. The third-order valence-corrected chi connectivity index (χ3v) is 6.61. The quantitative estimate of drug-likeness (QED) is 0.927. The van der Waals surface area contributed by atoms with Crippen LogP contribution < -0.4 is 4.72 Å². The molecule has 3 rings (SSSR count). The smallest absolute Gasteiger partial charge is 0.241 e. The summed E-state index contributed by atoms with van der Waals surface area (Å²) in [5.41, 5.74) is 2.77. The summed E-state index contributed by atoms with van der Waals surface area (Å²) in [6.45, 7) is 7.79. The summed E-state index contributed by atoms with van der Waals surface area (Å²) >= 11 is 0. The number of hydrogen-bond acceptors (Lipinski definition) is 3. The van der Waals surface area contributed by atoms with Gasteiger partial charge < -0.3 is 4.90 Å². The highest BCUT2D eigenvalue weighted by atomic mass is 32.2. The third kappa shape index (κ3) is 3.36. The molecule has 1 aromatic rings. The molecule has 22 heavy (non-hydrogen) atoms. The predicted molar refractivity (Wildman–Crippen MR) is 88.6 cm³/mol. The number of sulfonamides is 1. The van der Waals surface area contributed by atoms with Gasteiger partial charge in [0.15, 0.2) is 0 Å². The van der Waals surface area contributed by atoms with E-state index in [1.54, 1.807) is 0 Å². The van der Waals surface area contributed by atoms with Gasteiger partial charge in [-0.2, -0.15) is 0 Å². The van der Waals surface area contributed by atoms with E-state index < -0.39 is 10.0 Å². The van der Waals surface area contributed by atoms with Crippen molar-refractivity contribution in [1.29, 1.82) is 0 Å². The predicted octanol–water partition coefficient (Wildman–Crippen LogP) is 2.52. The highest BCUT2D eigenvalue weighted by molar-refractivity contribution is 7.89. The first-order valence-corrected chi connectivity index (χ1v) is 9.69. The van der Waals surface area contributed by atoms with Crippen molar-refractivity contribution in [2.45, 2.75) is 63.4 Å². The highest BCUT2D eigenvalue weighted by Gasteiger charge is 2.33. The van der Waals surface area contributed by atoms with E-state index in [4.69, 9.17) is 0 Å². The van der Waals surface area contributed by atoms with Gasteiger partial charge in [0, 0.05) is 12.1 Å². The number of nitrogens with one attached hydrogen (secondary N) is 1. The second-order valence-corrected chi connectivity index (χ2v) is 8.54. The van der Waals surface area contributed by atoms with Crippen LogP contribution in [0.1, 0.15) is 42.4 Å². The number of aryl methyl sites for hydroxylation is 3. The summed E-state index contributed by atoms with van der Waals surface area (Å²) in [6.07, 6.45) is 4.47. The number of likely N-dealkylation sites (tertiary alicyclic amines) is 1. The van der Waals surface area contributed by atoms with Crippen molar-refractivity contribution in [2.24, 2.45) is 0 Å². The Morgan fingerprint density at radius 2 is 1.55 bits per heavy atom. The van der Waals surface area contributed by atoms with Crippen LogP contribution in [0.15, 0.2) is 17.0 Å². The van der Waals surface area contributed by atoms with Crippen LogP contribution >= 0.6 is 0 Å². The zero-order valence-corrected chi connectivity index (χ0v) is 14.5. The summed E-state index contributed by atoms with van der Waals surface area (Å²) in [7, 11) is -3.43. The Morgan fingerprint density at radius 1 is 1.00 bits per heavy atom. The SMILES string of the molecule is Cc1cc(C)c(S(=O)(=O)NC2CCN(C3CC3)CC2)c(C)c1. The van der Waals surface area contributed by atoms with E-state index in [2.05, 4.69) is 9.62 Å². The zero-order chi connectivity index (χ0) is 15.9. The largest absolute Gasteiger partial charge is 0.300 e. The maximum Gasteiger partial charge on any atom is 0.241 e. The minimum atomic E-state index is -3.43. The van der Waals surface area contributed by atoms with E-state index in [1.807, 2.05) is 32.9 Å². The third-order valence-electron chi connectivity index (χ3n) is 4.79. The topological polar surface area (TPSA) is 49.4 Å². The molecule has 1 heterocycles. The van der Waals surface area contributed by atoms with Gasteiger partial charge in [-0.25, -0.2) is 13.1 Å². The van der Waals surface area contributed by atoms with Gasteiger partial charge in [0.1, 0.15) is 0 Å². The molecule has 0 aromatic heterocycles. The van der Waals surface area contributed by atoms with E-state index in [9.17, 15) is 8.42 Å². The first-order chi connectivity index (χ1) is 10.4. The van der Waals surface area contributed by atoms with Gasteiger partial charge >= 0.3 is 0 Å². The molecule has 1 aromatic carbocycles. The lowest BCUT2D eigenvalue weighted by atomic mass is 10.1. The van der Waals surface area contributed by atoms with Crippen molar-refractivity contribution in [3.05, 3.63) is 28.8 Å². The highest BCUT2D eigenvalue weighted by Crippen LogP contribution is 2.30. The Balaban J connectivity index is 1.71. The van der Waals surface area contributed by atoms with Crippen molar-refractivity contribution < 1.29 is 8.42 Å². The summed E-state index contributed by atoms with van der Waals surface area (Å²) in [4.78, 5) is 2.97. The van der Waals surface area contributed by atoms with E-state index in [0.29, 0.717) is 4.90 Å².